The molecule has 0 fully saturated rings. The minimum Gasteiger partial charge on any atom is -0.437 e. The zero-order valence-corrected chi connectivity index (χ0v) is 16.5. The molecule has 0 saturated carbocycles. The summed E-state index contributed by atoms with van der Waals surface area (Å²) in [5.41, 5.74) is 6.98. The van der Waals surface area contributed by atoms with Gasteiger partial charge in [0.2, 0.25) is 5.71 Å². The summed E-state index contributed by atoms with van der Waals surface area (Å²) < 4.78 is 8.53. The van der Waals surface area contributed by atoms with E-state index in [0.29, 0.717) is 5.71 Å². The second kappa shape index (κ2) is 6.56. The SMILES string of the molecule is Cc1ccc(-c2nc3ccccc3n2Cc2ccccc2)c2oc3ncccc3c12. The minimum absolute atomic E-state index is 0.661. The summed E-state index contributed by atoms with van der Waals surface area (Å²) in [4.78, 5) is 9.44. The van der Waals surface area contributed by atoms with E-state index in [4.69, 9.17) is 9.40 Å². The van der Waals surface area contributed by atoms with Gasteiger partial charge in [0.25, 0.3) is 0 Å². The third kappa shape index (κ3) is 2.54. The molecule has 3 aromatic carbocycles. The van der Waals surface area contributed by atoms with Crippen LogP contribution in [-0.2, 0) is 6.54 Å². The predicted molar refractivity (Wildman–Crippen MR) is 121 cm³/mol. The zero-order valence-electron chi connectivity index (χ0n) is 16.5. The lowest BCUT2D eigenvalue weighted by Crippen LogP contribution is -2.02. The van der Waals surface area contributed by atoms with Crippen LogP contribution >= 0.6 is 0 Å². The van der Waals surface area contributed by atoms with E-state index in [1.807, 2.05) is 18.2 Å². The molecule has 30 heavy (non-hydrogen) atoms. The standard InChI is InChI=1S/C26H19N3O/c1-17-13-14-20(24-23(17)19-10-7-15-27-26(19)30-24)25-28-21-11-5-6-12-22(21)29(25)16-18-8-3-2-4-9-18/h2-15H,16H2,1H3. The molecule has 0 aliphatic carbocycles. The van der Waals surface area contributed by atoms with E-state index in [2.05, 4.69) is 77.1 Å². The maximum absolute atomic E-state index is 6.26. The fraction of sp³-hybridized carbons (Fsp3) is 0.0769. The first-order valence-corrected chi connectivity index (χ1v) is 10.1. The van der Waals surface area contributed by atoms with Gasteiger partial charge in [-0.25, -0.2) is 9.97 Å². The van der Waals surface area contributed by atoms with Gasteiger partial charge < -0.3 is 8.98 Å². The van der Waals surface area contributed by atoms with Gasteiger partial charge in [-0.2, -0.15) is 0 Å². The van der Waals surface area contributed by atoms with Crippen molar-refractivity contribution in [3.05, 3.63) is 96.2 Å². The molecule has 4 nitrogen and oxygen atoms in total. The third-order valence-corrected chi connectivity index (χ3v) is 5.68. The largest absolute Gasteiger partial charge is 0.437 e. The first-order valence-electron chi connectivity index (χ1n) is 10.1. The molecule has 3 heterocycles. The van der Waals surface area contributed by atoms with Gasteiger partial charge in [-0.1, -0.05) is 48.5 Å². The number of benzene rings is 3. The number of fused-ring (bicyclic) bond motifs is 4. The van der Waals surface area contributed by atoms with Gasteiger partial charge in [0.05, 0.1) is 16.6 Å². The second-order valence-corrected chi connectivity index (χ2v) is 7.59. The van der Waals surface area contributed by atoms with Crippen LogP contribution in [0.5, 0.6) is 0 Å². The highest BCUT2D eigenvalue weighted by Gasteiger charge is 2.20. The Morgan fingerprint density at radius 3 is 2.60 bits per heavy atom. The summed E-state index contributed by atoms with van der Waals surface area (Å²) in [6.45, 7) is 2.85. The normalized spacial score (nSPS) is 11.6. The van der Waals surface area contributed by atoms with Gasteiger partial charge in [-0.05, 0) is 48.4 Å². The number of nitrogens with zero attached hydrogens (tertiary/aromatic N) is 3. The quantitative estimate of drug-likeness (QED) is 0.354. The molecule has 0 atom stereocenters. The Bertz CT molecular complexity index is 1530. The number of rotatable bonds is 3. The molecule has 0 amide bonds. The molecule has 0 radical (unpaired) electrons. The van der Waals surface area contributed by atoms with Gasteiger partial charge >= 0.3 is 0 Å². The Morgan fingerprint density at radius 1 is 0.867 bits per heavy atom. The van der Waals surface area contributed by atoms with Crippen LogP contribution in [0.3, 0.4) is 0 Å². The summed E-state index contributed by atoms with van der Waals surface area (Å²) in [5, 5.41) is 2.14. The lowest BCUT2D eigenvalue weighted by molar-refractivity contribution is 0.654. The maximum atomic E-state index is 6.26. The van der Waals surface area contributed by atoms with Crippen LogP contribution < -0.4 is 0 Å². The number of imidazole rings is 1. The van der Waals surface area contributed by atoms with Crippen molar-refractivity contribution in [3.8, 4) is 11.4 Å². The molecule has 0 aliphatic heterocycles. The number of aromatic nitrogens is 3. The van der Waals surface area contributed by atoms with Crippen molar-refractivity contribution >= 4 is 33.1 Å². The molecule has 0 saturated heterocycles. The molecule has 0 N–H and O–H groups in total. The lowest BCUT2D eigenvalue weighted by atomic mass is 10.0. The smallest absolute Gasteiger partial charge is 0.227 e. The Morgan fingerprint density at radius 2 is 1.70 bits per heavy atom. The molecule has 6 rings (SSSR count). The van der Waals surface area contributed by atoms with Crippen molar-refractivity contribution in [3.63, 3.8) is 0 Å². The van der Waals surface area contributed by atoms with Crippen LogP contribution in [0.2, 0.25) is 0 Å². The number of hydrogen-bond acceptors (Lipinski definition) is 3. The maximum Gasteiger partial charge on any atom is 0.227 e. The molecule has 4 heteroatoms. The van der Waals surface area contributed by atoms with Crippen molar-refractivity contribution in [2.45, 2.75) is 13.5 Å². The van der Waals surface area contributed by atoms with Gasteiger partial charge in [0.1, 0.15) is 11.4 Å². The van der Waals surface area contributed by atoms with Crippen molar-refractivity contribution in [2.75, 3.05) is 0 Å². The highest BCUT2D eigenvalue weighted by atomic mass is 16.3. The number of aryl methyl sites for hydroxylation is 1. The van der Waals surface area contributed by atoms with Crippen molar-refractivity contribution in [1.82, 2.24) is 14.5 Å². The lowest BCUT2D eigenvalue weighted by Gasteiger charge is -2.10. The topological polar surface area (TPSA) is 43.9 Å². The summed E-state index contributed by atoms with van der Waals surface area (Å²) in [7, 11) is 0. The minimum atomic E-state index is 0.661. The van der Waals surface area contributed by atoms with Gasteiger partial charge in [0.15, 0.2) is 0 Å². The van der Waals surface area contributed by atoms with Crippen LogP contribution in [0.15, 0.2) is 89.5 Å². The van der Waals surface area contributed by atoms with E-state index in [1.165, 1.54) is 11.1 Å². The van der Waals surface area contributed by atoms with E-state index in [1.54, 1.807) is 6.20 Å². The van der Waals surface area contributed by atoms with E-state index in [9.17, 15) is 0 Å². The van der Waals surface area contributed by atoms with Crippen molar-refractivity contribution < 1.29 is 4.42 Å². The highest BCUT2D eigenvalue weighted by Crippen LogP contribution is 2.37. The van der Waals surface area contributed by atoms with Gasteiger partial charge in [0, 0.05) is 23.5 Å². The van der Waals surface area contributed by atoms with Crippen molar-refractivity contribution in [2.24, 2.45) is 0 Å². The second-order valence-electron chi connectivity index (χ2n) is 7.59. The van der Waals surface area contributed by atoms with E-state index in [0.717, 1.165) is 45.3 Å². The average molecular weight is 389 g/mol. The average Bonchev–Trinajstić information content (AvgIpc) is 3.34. The molecule has 0 spiro atoms. The Kier molecular flexibility index (Phi) is 3.71. The summed E-state index contributed by atoms with van der Waals surface area (Å²) in [6, 6.07) is 27.0. The molecular weight excluding hydrogens is 370 g/mol. The molecule has 0 bridgehead atoms. The Hall–Kier alpha value is -3.92. The number of pyridine rings is 1. The first kappa shape index (κ1) is 17.0. The zero-order chi connectivity index (χ0) is 20.1. The fourth-order valence-corrected chi connectivity index (χ4v) is 4.26. The Labute approximate surface area is 173 Å². The van der Waals surface area contributed by atoms with Gasteiger partial charge in [-0.15, -0.1) is 0 Å². The molecular formula is C26H19N3O. The number of para-hydroxylation sites is 2. The van der Waals surface area contributed by atoms with Gasteiger partial charge in [-0.3, -0.25) is 0 Å². The van der Waals surface area contributed by atoms with E-state index >= 15 is 0 Å². The molecule has 144 valence electrons. The van der Waals surface area contributed by atoms with Crippen LogP contribution in [0, 0.1) is 6.92 Å². The van der Waals surface area contributed by atoms with Crippen LogP contribution in [0.1, 0.15) is 11.1 Å². The van der Waals surface area contributed by atoms with Crippen LogP contribution in [-0.4, -0.2) is 14.5 Å². The summed E-state index contributed by atoms with van der Waals surface area (Å²) in [5.74, 6) is 0.907. The molecule has 3 aromatic heterocycles. The molecule has 6 aromatic rings. The number of hydrogen-bond donors (Lipinski definition) is 0. The highest BCUT2D eigenvalue weighted by molar-refractivity contribution is 6.10. The first-order chi connectivity index (χ1) is 14.8. The summed E-state index contributed by atoms with van der Waals surface area (Å²) in [6.07, 6.45) is 1.77. The van der Waals surface area contributed by atoms with Crippen molar-refractivity contribution in [1.29, 1.82) is 0 Å². The fourth-order valence-electron chi connectivity index (χ4n) is 4.26. The summed E-state index contributed by atoms with van der Waals surface area (Å²) >= 11 is 0. The number of furan rings is 1. The predicted octanol–water partition coefficient (Wildman–Crippen LogP) is 6.35. The monoisotopic (exact) mass is 389 g/mol. The molecule has 0 aliphatic rings. The Balaban J connectivity index is 1.67. The van der Waals surface area contributed by atoms with E-state index < -0.39 is 0 Å². The van der Waals surface area contributed by atoms with Crippen LogP contribution in [0.25, 0.3) is 44.5 Å². The third-order valence-electron chi connectivity index (χ3n) is 5.68. The molecule has 0 unspecified atom stereocenters. The van der Waals surface area contributed by atoms with E-state index in [-0.39, 0.29) is 0 Å². The van der Waals surface area contributed by atoms with Crippen LogP contribution in [0.4, 0.5) is 0 Å².